The number of alkyl halides is 2. The van der Waals surface area contributed by atoms with Gasteiger partial charge < -0.3 is 41.1 Å². The molecule has 6 rings (SSSR count). The van der Waals surface area contributed by atoms with Gasteiger partial charge in [0.25, 0.3) is 5.91 Å². The molecule has 12 heteroatoms. The van der Waals surface area contributed by atoms with Crippen LogP contribution in [0.3, 0.4) is 0 Å². The monoisotopic (exact) mass is 575 g/mol. The predicted octanol–water partition coefficient (Wildman–Crippen LogP) is 0.154. The second kappa shape index (κ2) is 9.87. The summed E-state index contributed by atoms with van der Waals surface area (Å²) in [5, 5.41) is 21.3. The molecule has 2 unspecified atom stereocenters. The van der Waals surface area contributed by atoms with Gasteiger partial charge in [0, 0.05) is 49.1 Å². The molecule has 3 saturated heterocycles. The van der Waals surface area contributed by atoms with Gasteiger partial charge in [-0.1, -0.05) is 5.16 Å². The van der Waals surface area contributed by atoms with E-state index in [2.05, 4.69) is 10.5 Å². The fraction of sp³-hybridized carbons (Fsp3) is 0.609. The van der Waals surface area contributed by atoms with Crippen LogP contribution in [-0.4, -0.2) is 64.8 Å². The maximum atomic E-state index is 14.0. The van der Waals surface area contributed by atoms with Crippen LogP contribution in [0.5, 0.6) is 0 Å². The van der Waals surface area contributed by atoms with Gasteiger partial charge in [0.2, 0.25) is 5.92 Å². The molecule has 4 aliphatic rings. The molecule has 2 bridgehead atoms. The van der Waals surface area contributed by atoms with Crippen molar-refractivity contribution >= 4 is 29.0 Å². The average Bonchev–Trinajstić information content (AvgIpc) is 3.56. The number of hydrogen-bond acceptors (Lipinski definition) is 7. The summed E-state index contributed by atoms with van der Waals surface area (Å²) in [6, 6.07) is 3.16. The number of carbonyl (C=O) groups excluding carboxylic acids is 2. The number of piperidine rings is 3. The van der Waals surface area contributed by atoms with E-state index in [-0.39, 0.29) is 48.2 Å². The number of fused-ring (bicyclic) bond motifs is 3. The number of nitrogens with zero attached hydrogens (tertiary/aromatic N) is 2. The Bertz CT molecular complexity index is 1030. The first-order valence-corrected chi connectivity index (χ1v) is 12.5. The van der Waals surface area contributed by atoms with Crippen LogP contribution in [0.1, 0.15) is 37.7 Å². The molecule has 2 aromatic rings. The molecular weight excluding hydrogens is 548 g/mol. The molecule has 0 aromatic carbocycles. The summed E-state index contributed by atoms with van der Waals surface area (Å²) in [6.45, 7) is 2.23. The average molecular weight is 576 g/mol. The largest absolute Gasteiger partial charge is 1.00 e. The molecule has 0 radical (unpaired) electrons. The van der Waals surface area contributed by atoms with E-state index in [1.165, 1.54) is 17.6 Å². The molecule has 3 aliphatic heterocycles. The normalized spacial score (nSPS) is 30.8. The Labute approximate surface area is 216 Å². The third-order valence-electron chi connectivity index (χ3n) is 7.75. The topological polar surface area (TPSA) is 102 Å². The lowest BCUT2D eigenvalue weighted by Gasteiger charge is -2.51. The molecule has 1 aliphatic carbocycles. The second-order valence-corrected chi connectivity index (χ2v) is 10.7. The first-order valence-electron chi connectivity index (χ1n) is 11.6. The second-order valence-electron chi connectivity index (χ2n) is 9.92. The molecule has 35 heavy (non-hydrogen) atoms. The molecule has 1 amide bonds. The SMILES string of the molecule is O=C(C[N+]12CCC(CC1)[C@@H](OC(=O)C(O)(c1ccsc1)C1CCC(F)(F)C1)C2)Nc1ccon1.[Br-]. The summed E-state index contributed by atoms with van der Waals surface area (Å²) in [7, 11) is 0. The van der Waals surface area contributed by atoms with Crippen molar-refractivity contribution in [2.24, 2.45) is 11.8 Å². The number of hydrogen-bond donors (Lipinski definition) is 2. The quantitative estimate of drug-likeness (QED) is 0.360. The number of thiophene rings is 1. The highest BCUT2D eigenvalue weighted by Gasteiger charge is 2.56. The molecule has 4 fully saturated rings. The summed E-state index contributed by atoms with van der Waals surface area (Å²) in [6.07, 6.45) is 1.60. The van der Waals surface area contributed by atoms with Crippen LogP contribution in [0.4, 0.5) is 14.6 Å². The van der Waals surface area contributed by atoms with Crippen LogP contribution in [0.15, 0.2) is 33.7 Å². The number of halogens is 3. The van der Waals surface area contributed by atoms with Gasteiger partial charge in [0.05, 0.1) is 13.1 Å². The molecule has 192 valence electrons. The number of anilines is 1. The molecule has 2 N–H and O–H groups in total. The number of quaternary nitrogens is 1. The molecule has 0 spiro atoms. The lowest BCUT2D eigenvalue weighted by atomic mass is 9.80. The van der Waals surface area contributed by atoms with Crippen molar-refractivity contribution < 1.29 is 54.2 Å². The zero-order valence-electron chi connectivity index (χ0n) is 19.0. The van der Waals surface area contributed by atoms with E-state index in [0.29, 0.717) is 22.4 Å². The Morgan fingerprint density at radius 3 is 2.69 bits per heavy atom. The van der Waals surface area contributed by atoms with Crippen LogP contribution in [-0.2, 0) is 19.9 Å². The molecule has 8 nitrogen and oxygen atoms in total. The number of aliphatic hydroxyl groups is 1. The summed E-state index contributed by atoms with van der Waals surface area (Å²) in [5.74, 6) is -4.43. The molecule has 2 aromatic heterocycles. The number of esters is 1. The van der Waals surface area contributed by atoms with Gasteiger partial charge >= 0.3 is 5.97 Å². The van der Waals surface area contributed by atoms with E-state index in [4.69, 9.17) is 9.26 Å². The lowest BCUT2D eigenvalue weighted by Crippen LogP contribution is -3.00. The Morgan fingerprint density at radius 2 is 2.09 bits per heavy atom. The van der Waals surface area contributed by atoms with E-state index in [1.807, 2.05) is 0 Å². The van der Waals surface area contributed by atoms with Crippen LogP contribution in [0.25, 0.3) is 0 Å². The van der Waals surface area contributed by atoms with Crippen LogP contribution >= 0.6 is 11.3 Å². The zero-order valence-corrected chi connectivity index (χ0v) is 21.4. The van der Waals surface area contributed by atoms with Gasteiger partial charge in [0.15, 0.2) is 24.1 Å². The van der Waals surface area contributed by atoms with Crippen molar-refractivity contribution in [2.45, 2.75) is 49.7 Å². The Hall–Kier alpha value is -1.89. The fourth-order valence-corrected chi connectivity index (χ4v) is 6.58. The van der Waals surface area contributed by atoms with Gasteiger partial charge in [-0.05, 0) is 23.2 Å². The van der Waals surface area contributed by atoms with E-state index >= 15 is 0 Å². The van der Waals surface area contributed by atoms with E-state index in [0.717, 1.165) is 25.9 Å². The number of ether oxygens (including phenoxy) is 1. The van der Waals surface area contributed by atoms with E-state index in [1.54, 1.807) is 22.9 Å². The zero-order chi connectivity index (χ0) is 24.0. The van der Waals surface area contributed by atoms with Crippen molar-refractivity contribution in [1.82, 2.24) is 5.16 Å². The number of amides is 1. The van der Waals surface area contributed by atoms with Gasteiger partial charge in [0.1, 0.15) is 12.8 Å². The van der Waals surface area contributed by atoms with Gasteiger partial charge in [-0.2, -0.15) is 11.3 Å². The van der Waals surface area contributed by atoms with Crippen molar-refractivity contribution in [3.8, 4) is 0 Å². The maximum absolute atomic E-state index is 14.0. The number of aromatic nitrogens is 1. The number of nitrogens with one attached hydrogen (secondary N) is 1. The Balaban J connectivity index is 0.00000289. The van der Waals surface area contributed by atoms with Gasteiger partial charge in [-0.15, -0.1) is 0 Å². The standard InChI is InChI=1S/C23H27F2N3O5S.BrH/c24-22(25)6-1-16(11-22)23(31,17-5-10-34-14-17)21(30)33-18-12-28(7-2-15(18)3-8-28)13-20(29)26-19-4-9-32-27-19;/h4-5,9-10,14-16,18,31H,1-3,6-8,11-13H2;1H/t15?,16?,18-,23?,28?;/m0./s1. The number of rotatable bonds is 7. The van der Waals surface area contributed by atoms with Crippen LogP contribution < -0.4 is 22.3 Å². The highest BCUT2D eigenvalue weighted by atomic mass is 79.9. The highest BCUT2D eigenvalue weighted by Crippen LogP contribution is 2.49. The van der Waals surface area contributed by atoms with Gasteiger partial charge in [-0.25, -0.2) is 13.6 Å². The van der Waals surface area contributed by atoms with Crippen LogP contribution in [0.2, 0.25) is 0 Å². The summed E-state index contributed by atoms with van der Waals surface area (Å²) in [5.41, 5.74) is -1.80. The summed E-state index contributed by atoms with van der Waals surface area (Å²) in [4.78, 5) is 26.0. The lowest BCUT2D eigenvalue weighted by molar-refractivity contribution is -0.939. The van der Waals surface area contributed by atoms with E-state index < -0.39 is 35.9 Å². The molecule has 5 heterocycles. The fourth-order valence-electron chi connectivity index (χ4n) is 5.88. The predicted molar refractivity (Wildman–Crippen MR) is 118 cm³/mol. The van der Waals surface area contributed by atoms with Crippen molar-refractivity contribution in [2.75, 3.05) is 31.5 Å². The Morgan fingerprint density at radius 1 is 1.31 bits per heavy atom. The van der Waals surface area contributed by atoms with Crippen molar-refractivity contribution in [3.05, 3.63) is 34.7 Å². The van der Waals surface area contributed by atoms with Crippen molar-refractivity contribution in [3.63, 3.8) is 0 Å². The highest BCUT2D eigenvalue weighted by molar-refractivity contribution is 7.08. The smallest absolute Gasteiger partial charge is 0.343 e. The minimum atomic E-state index is -2.91. The van der Waals surface area contributed by atoms with Gasteiger partial charge in [-0.3, -0.25) is 4.79 Å². The Kier molecular flexibility index (Phi) is 7.38. The first kappa shape index (κ1) is 26.2. The number of carbonyl (C=O) groups is 2. The molecule has 3 atom stereocenters. The third kappa shape index (κ3) is 5.16. The van der Waals surface area contributed by atoms with Crippen LogP contribution in [0, 0.1) is 11.8 Å². The first-order chi connectivity index (χ1) is 16.2. The van der Waals surface area contributed by atoms with Crippen molar-refractivity contribution in [1.29, 1.82) is 0 Å². The minimum absolute atomic E-state index is 0. The molecule has 1 saturated carbocycles. The summed E-state index contributed by atoms with van der Waals surface area (Å²) < 4.78 is 39.1. The third-order valence-corrected chi connectivity index (χ3v) is 8.43. The van der Waals surface area contributed by atoms with E-state index in [9.17, 15) is 23.5 Å². The summed E-state index contributed by atoms with van der Waals surface area (Å²) >= 11 is 1.29. The minimum Gasteiger partial charge on any atom is -1.00 e. The maximum Gasteiger partial charge on any atom is 0.343 e. The molecular formula is C23H28BrF2N3O5S.